The van der Waals surface area contributed by atoms with Gasteiger partial charge in [-0.1, -0.05) is 46.5 Å². The standard InChI is InChI=1S/C12H24O2/c1-4-5-6-7-8-9-11(13)12(14)10(2)3/h10,12,14H,4-9H2,1-3H3. The number of Topliss-reactive ketones (excluding diaryl/α,β-unsaturated/α-hetero) is 1. The van der Waals surface area contributed by atoms with Crippen LogP contribution in [0.1, 0.15) is 59.3 Å². The molecule has 2 heteroatoms. The van der Waals surface area contributed by atoms with Crippen LogP contribution in [-0.2, 0) is 4.79 Å². The first-order valence-electron chi connectivity index (χ1n) is 5.80. The van der Waals surface area contributed by atoms with Gasteiger partial charge in [-0.15, -0.1) is 0 Å². The SMILES string of the molecule is CCCCCCCC(=O)C(O)C(C)C. The Kier molecular flexibility index (Phi) is 7.77. The van der Waals surface area contributed by atoms with Crippen LogP contribution in [0, 0.1) is 5.92 Å². The predicted molar refractivity (Wildman–Crippen MR) is 59.2 cm³/mol. The van der Waals surface area contributed by atoms with Gasteiger partial charge in [-0.05, 0) is 12.3 Å². The van der Waals surface area contributed by atoms with E-state index in [-0.39, 0.29) is 11.7 Å². The summed E-state index contributed by atoms with van der Waals surface area (Å²) in [5, 5.41) is 9.45. The highest BCUT2D eigenvalue weighted by Gasteiger charge is 2.17. The number of carbonyl (C=O) groups excluding carboxylic acids is 1. The van der Waals surface area contributed by atoms with Crippen LogP contribution in [0.5, 0.6) is 0 Å². The number of carbonyl (C=O) groups is 1. The zero-order valence-electron chi connectivity index (χ0n) is 9.75. The molecule has 14 heavy (non-hydrogen) atoms. The first-order chi connectivity index (χ1) is 6.59. The van der Waals surface area contributed by atoms with E-state index in [0.717, 1.165) is 12.8 Å². The Morgan fingerprint density at radius 3 is 2.21 bits per heavy atom. The maximum absolute atomic E-state index is 11.4. The lowest BCUT2D eigenvalue weighted by Gasteiger charge is -2.12. The van der Waals surface area contributed by atoms with Gasteiger partial charge in [0.25, 0.3) is 0 Å². The van der Waals surface area contributed by atoms with Crippen molar-refractivity contribution in [1.82, 2.24) is 0 Å². The van der Waals surface area contributed by atoms with Gasteiger partial charge < -0.3 is 5.11 Å². The summed E-state index contributed by atoms with van der Waals surface area (Å²) in [6, 6.07) is 0. The van der Waals surface area contributed by atoms with Crippen molar-refractivity contribution in [1.29, 1.82) is 0 Å². The first-order valence-corrected chi connectivity index (χ1v) is 5.80. The molecule has 0 fully saturated rings. The summed E-state index contributed by atoms with van der Waals surface area (Å²) in [5.41, 5.74) is 0. The lowest BCUT2D eigenvalue weighted by atomic mass is 9.99. The normalized spacial score (nSPS) is 13.2. The molecule has 1 N–H and O–H groups in total. The molecule has 0 bridgehead atoms. The van der Waals surface area contributed by atoms with Crippen molar-refractivity contribution in [2.24, 2.45) is 5.92 Å². The predicted octanol–water partition coefficient (Wildman–Crippen LogP) is 2.93. The van der Waals surface area contributed by atoms with E-state index in [2.05, 4.69) is 6.92 Å². The van der Waals surface area contributed by atoms with Gasteiger partial charge >= 0.3 is 0 Å². The van der Waals surface area contributed by atoms with E-state index < -0.39 is 6.10 Å². The molecule has 0 rings (SSSR count). The smallest absolute Gasteiger partial charge is 0.161 e. The highest BCUT2D eigenvalue weighted by molar-refractivity contribution is 5.82. The summed E-state index contributed by atoms with van der Waals surface area (Å²) in [5.74, 6) is 0.0645. The van der Waals surface area contributed by atoms with Crippen molar-refractivity contribution in [3.05, 3.63) is 0 Å². The van der Waals surface area contributed by atoms with E-state index in [1.807, 2.05) is 13.8 Å². The van der Waals surface area contributed by atoms with Gasteiger partial charge in [0.2, 0.25) is 0 Å². The number of aliphatic hydroxyl groups is 1. The van der Waals surface area contributed by atoms with Crippen LogP contribution in [0.3, 0.4) is 0 Å². The molecule has 2 nitrogen and oxygen atoms in total. The molecule has 84 valence electrons. The third kappa shape index (κ3) is 6.14. The summed E-state index contributed by atoms with van der Waals surface area (Å²) >= 11 is 0. The molecule has 0 aliphatic rings. The van der Waals surface area contributed by atoms with E-state index in [0.29, 0.717) is 6.42 Å². The number of ketones is 1. The second-order valence-electron chi connectivity index (χ2n) is 4.32. The van der Waals surface area contributed by atoms with Crippen molar-refractivity contribution in [3.8, 4) is 0 Å². The minimum absolute atomic E-state index is 0.0106. The molecular weight excluding hydrogens is 176 g/mol. The largest absolute Gasteiger partial charge is 0.385 e. The van der Waals surface area contributed by atoms with Gasteiger partial charge in [0.1, 0.15) is 6.10 Å². The number of hydrogen-bond donors (Lipinski definition) is 1. The van der Waals surface area contributed by atoms with Gasteiger partial charge in [0, 0.05) is 6.42 Å². The third-order valence-electron chi connectivity index (χ3n) is 2.49. The van der Waals surface area contributed by atoms with Gasteiger partial charge in [0.15, 0.2) is 5.78 Å². The number of rotatable bonds is 8. The number of aliphatic hydroxyl groups excluding tert-OH is 1. The van der Waals surface area contributed by atoms with Crippen LogP contribution in [0.4, 0.5) is 0 Å². The Labute approximate surface area is 87.7 Å². The van der Waals surface area contributed by atoms with Crippen LogP contribution in [0.2, 0.25) is 0 Å². The van der Waals surface area contributed by atoms with E-state index in [4.69, 9.17) is 0 Å². The van der Waals surface area contributed by atoms with Crippen LogP contribution >= 0.6 is 0 Å². The Morgan fingerprint density at radius 2 is 1.71 bits per heavy atom. The second kappa shape index (κ2) is 7.98. The molecular formula is C12H24O2. The fraction of sp³-hybridized carbons (Fsp3) is 0.917. The molecule has 0 aromatic heterocycles. The summed E-state index contributed by atoms with van der Waals surface area (Å²) in [6.45, 7) is 5.92. The van der Waals surface area contributed by atoms with Crippen molar-refractivity contribution < 1.29 is 9.90 Å². The van der Waals surface area contributed by atoms with Crippen molar-refractivity contribution in [3.63, 3.8) is 0 Å². The first kappa shape index (κ1) is 13.6. The van der Waals surface area contributed by atoms with E-state index in [1.54, 1.807) is 0 Å². The van der Waals surface area contributed by atoms with Crippen molar-refractivity contribution >= 4 is 5.78 Å². The molecule has 0 saturated heterocycles. The lowest BCUT2D eigenvalue weighted by molar-refractivity contribution is -0.129. The average molecular weight is 200 g/mol. The summed E-state index contributed by atoms with van der Waals surface area (Å²) in [7, 11) is 0. The van der Waals surface area contributed by atoms with Crippen molar-refractivity contribution in [2.75, 3.05) is 0 Å². The molecule has 0 aliphatic heterocycles. The van der Waals surface area contributed by atoms with Gasteiger partial charge in [0.05, 0.1) is 0 Å². The lowest BCUT2D eigenvalue weighted by Crippen LogP contribution is -2.25. The summed E-state index contributed by atoms with van der Waals surface area (Å²) in [6.07, 6.45) is 5.53. The highest BCUT2D eigenvalue weighted by atomic mass is 16.3. The third-order valence-corrected chi connectivity index (χ3v) is 2.49. The molecule has 0 spiro atoms. The van der Waals surface area contributed by atoms with Crippen LogP contribution in [0.15, 0.2) is 0 Å². The van der Waals surface area contributed by atoms with Crippen LogP contribution < -0.4 is 0 Å². The molecule has 0 saturated carbocycles. The van der Waals surface area contributed by atoms with Gasteiger partial charge in [-0.25, -0.2) is 0 Å². The zero-order chi connectivity index (χ0) is 11.0. The Hall–Kier alpha value is -0.370. The fourth-order valence-electron chi connectivity index (χ4n) is 1.42. The van der Waals surface area contributed by atoms with Crippen LogP contribution in [-0.4, -0.2) is 17.0 Å². The number of unbranched alkanes of at least 4 members (excludes halogenated alkanes) is 4. The Bertz CT molecular complexity index is 152. The maximum atomic E-state index is 11.4. The molecule has 0 aliphatic carbocycles. The van der Waals surface area contributed by atoms with Gasteiger partial charge in [-0.2, -0.15) is 0 Å². The topological polar surface area (TPSA) is 37.3 Å². The van der Waals surface area contributed by atoms with Crippen LogP contribution in [0.25, 0.3) is 0 Å². The Morgan fingerprint density at radius 1 is 1.14 bits per heavy atom. The minimum Gasteiger partial charge on any atom is -0.385 e. The molecule has 0 aromatic rings. The zero-order valence-corrected chi connectivity index (χ0v) is 9.75. The Balaban J connectivity index is 3.44. The molecule has 1 unspecified atom stereocenters. The maximum Gasteiger partial charge on any atom is 0.161 e. The molecule has 1 atom stereocenters. The van der Waals surface area contributed by atoms with Gasteiger partial charge in [-0.3, -0.25) is 4.79 Å². The minimum atomic E-state index is -0.749. The summed E-state index contributed by atoms with van der Waals surface area (Å²) in [4.78, 5) is 11.4. The fourth-order valence-corrected chi connectivity index (χ4v) is 1.42. The van der Waals surface area contributed by atoms with Crippen molar-refractivity contribution in [2.45, 2.75) is 65.4 Å². The van der Waals surface area contributed by atoms with E-state index >= 15 is 0 Å². The molecule has 0 heterocycles. The quantitative estimate of drug-likeness (QED) is 0.612. The van der Waals surface area contributed by atoms with E-state index in [9.17, 15) is 9.90 Å². The average Bonchev–Trinajstić information content (AvgIpc) is 2.16. The van der Waals surface area contributed by atoms with E-state index in [1.165, 1.54) is 19.3 Å². The highest BCUT2D eigenvalue weighted by Crippen LogP contribution is 2.10. The monoisotopic (exact) mass is 200 g/mol. The summed E-state index contributed by atoms with van der Waals surface area (Å²) < 4.78 is 0. The molecule has 0 radical (unpaired) electrons. The second-order valence-corrected chi connectivity index (χ2v) is 4.32. The number of hydrogen-bond acceptors (Lipinski definition) is 2. The molecule has 0 amide bonds. The molecule has 0 aromatic carbocycles.